The molecule has 3 rings (SSSR count). The van der Waals surface area contributed by atoms with Crippen LogP contribution in [0.1, 0.15) is 64.9 Å². The van der Waals surface area contributed by atoms with E-state index in [1.807, 2.05) is 86.6 Å². The molecule has 3 aromatic rings. The maximum absolute atomic E-state index is 6.20. The number of hydrogen-bond acceptors (Lipinski definition) is 2. The molecule has 0 heterocycles. The number of benzene rings is 3. The zero-order valence-electron chi connectivity index (χ0n) is 18.6. The molecule has 2 atom stereocenters. The first-order valence-corrected chi connectivity index (χ1v) is 10.5. The molecule has 0 saturated heterocycles. The molecule has 0 aliphatic heterocycles. The third kappa shape index (κ3) is 6.67. The van der Waals surface area contributed by atoms with Gasteiger partial charge in [-0.2, -0.15) is 0 Å². The molecule has 0 N–H and O–H groups in total. The van der Waals surface area contributed by atoms with Crippen LogP contribution in [0.5, 0.6) is 11.5 Å². The van der Waals surface area contributed by atoms with Gasteiger partial charge < -0.3 is 9.47 Å². The van der Waals surface area contributed by atoms with E-state index in [4.69, 9.17) is 9.47 Å². The number of ether oxygens (including phenoxy) is 2. The summed E-state index contributed by atoms with van der Waals surface area (Å²) in [6.45, 7) is 13.1. The van der Waals surface area contributed by atoms with Gasteiger partial charge in [0.15, 0.2) is 0 Å². The lowest BCUT2D eigenvalue weighted by Gasteiger charge is -2.28. The van der Waals surface area contributed by atoms with Crippen molar-refractivity contribution in [2.75, 3.05) is 0 Å². The molecular formula is C27H34O2. The zero-order valence-corrected chi connectivity index (χ0v) is 18.6. The molecule has 0 aliphatic carbocycles. The summed E-state index contributed by atoms with van der Waals surface area (Å²) in [6, 6.07) is 28.1. The lowest BCUT2D eigenvalue weighted by Crippen LogP contribution is -2.16. The van der Waals surface area contributed by atoms with Crippen LogP contribution < -0.4 is 9.47 Å². The Morgan fingerprint density at radius 3 is 1.52 bits per heavy atom. The highest BCUT2D eigenvalue weighted by Gasteiger charge is 2.22. The minimum atomic E-state index is -0.500. The summed E-state index contributed by atoms with van der Waals surface area (Å²) in [5.41, 5.74) is 2.52. The Bertz CT molecular complexity index is 818. The van der Waals surface area contributed by atoms with E-state index in [1.54, 1.807) is 0 Å². The van der Waals surface area contributed by atoms with Gasteiger partial charge in [-0.25, -0.2) is 0 Å². The van der Waals surface area contributed by atoms with Crippen LogP contribution in [0.15, 0.2) is 84.9 Å². The van der Waals surface area contributed by atoms with Crippen molar-refractivity contribution in [1.82, 2.24) is 0 Å². The topological polar surface area (TPSA) is 18.5 Å². The van der Waals surface area contributed by atoms with E-state index >= 15 is 0 Å². The zero-order chi connectivity index (χ0) is 21.3. The van der Waals surface area contributed by atoms with Crippen molar-refractivity contribution >= 4 is 0 Å². The van der Waals surface area contributed by atoms with Gasteiger partial charge in [-0.1, -0.05) is 102 Å². The van der Waals surface area contributed by atoms with E-state index in [9.17, 15) is 0 Å². The fourth-order valence-corrected chi connectivity index (χ4v) is 2.85. The van der Waals surface area contributed by atoms with Gasteiger partial charge in [-0.05, 0) is 41.2 Å². The molecule has 0 amide bonds. The Labute approximate surface area is 176 Å². The Kier molecular flexibility index (Phi) is 8.33. The van der Waals surface area contributed by atoms with Gasteiger partial charge in [0, 0.05) is 5.56 Å². The van der Waals surface area contributed by atoms with Crippen LogP contribution in [0.4, 0.5) is 0 Å². The van der Waals surface area contributed by atoms with Crippen LogP contribution in [-0.2, 0) is 0 Å². The minimum Gasteiger partial charge on any atom is -0.451 e. The summed E-state index contributed by atoms with van der Waals surface area (Å²) in [5, 5.41) is 0. The lowest BCUT2D eigenvalue weighted by molar-refractivity contribution is 0.00379. The Hall–Kier alpha value is -2.74. The summed E-state index contributed by atoms with van der Waals surface area (Å²) < 4.78 is 12.3. The molecule has 2 nitrogen and oxygen atoms in total. The van der Waals surface area contributed by atoms with Crippen molar-refractivity contribution in [2.45, 2.75) is 53.8 Å². The van der Waals surface area contributed by atoms with E-state index < -0.39 is 6.29 Å². The first-order chi connectivity index (χ1) is 13.9. The Balaban J connectivity index is 0.00000145. The van der Waals surface area contributed by atoms with Gasteiger partial charge in [0.1, 0.15) is 11.5 Å². The van der Waals surface area contributed by atoms with Crippen LogP contribution >= 0.6 is 0 Å². The Morgan fingerprint density at radius 2 is 1.03 bits per heavy atom. The van der Waals surface area contributed by atoms with Gasteiger partial charge in [-0.3, -0.25) is 0 Å². The lowest BCUT2D eigenvalue weighted by atomic mass is 9.78. The molecule has 154 valence electrons. The minimum absolute atomic E-state index is 0.228. The normalized spacial score (nSPS) is 12.9. The Morgan fingerprint density at radius 1 is 0.586 bits per heavy atom. The van der Waals surface area contributed by atoms with E-state index in [-0.39, 0.29) is 5.41 Å². The monoisotopic (exact) mass is 390 g/mol. The summed E-state index contributed by atoms with van der Waals surface area (Å²) in [4.78, 5) is 0. The average Bonchev–Trinajstić information content (AvgIpc) is 2.75. The third-order valence-corrected chi connectivity index (χ3v) is 4.98. The van der Waals surface area contributed by atoms with Crippen molar-refractivity contribution in [3.63, 3.8) is 0 Å². The van der Waals surface area contributed by atoms with E-state index in [1.165, 1.54) is 5.56 Å². The van der Waals surface area contributed by atoms with E-state index in [0.717, 1.165) is 17.1 Å². The molecular weight excluding hydrogens is 356 g/mol. The van der Waals surface area contributed by atoms with Crippen molar-refractivity contribution < 1.29 is 9.47 Å². The highest BCUT2D eigenvalue weighted by atomic mass is 16.7. The second-order valence-corrected chi connectivity index (χ2v) is 7.95. The van der Waals surface area contributed by atoms with Gasteiger partial charge in [0.2, 0.25) is 0 Å². The maximum atomic E-state index is 6.20. The highest BCUT2D eigenvalue weighted by molar-refractivity contribution is 5.31. The summed E-state index contributed by atoms with van der Waals surface area (Å²) in [5.74, 6) is 2.05. The van der Waals surface area contributed by atoms with Crippen LogP contribution in [-0.4, -0.2) is 0 Å². The molecule has 3 aromatic carbocycles. The third-order valence-electron chi connectivity index (χ3n) is 4.98. The SMILES string of the molecule is CC.CC(c1ccc(OC(Oc2ccccc2)c2ccccc2)cc1)C(C)(C)C. The van der Waals surface area contributed by atoms with Crippen LogP contribution in [0.25, 0.3) is 0 Å². The predicted molar refractivity (Wildman–Crippen MR) is 123 cm³/mol. The number of para-hydroxylation sites is 1. The van der Waals surface area contributed by atoms with Crippen LogP contribution in [0, 0.1) is 5.41 Å². The quantitative estimate of drug-likeness (QED) is 0.397. The second kappa shape index (κ2) is 10.7. The molecule has 0 radical (unpaired) electrons. The van der Waals surface area contributed by atoms with Crippen molar-refractivity contribution in [3.05, 3.63) is 96.1 Å². The van der Waals surface area contributed by atoms with E-state index in [0.29, 0.717) is 5.92 Å². The second-order valence-electron chi connectivity index (χ2n) is 7.95. The number of hydrogen-bond donors (Lipinski definition) is 0. The first kappa shape index (κ1) is 22.5. The fraction of sp³-hybridized carbons (Fsp3) is 0.333. The highest BCUT2D eigenvalue weighted by Crippen LogP contribution is 2.35. The van der Waals surface area contributed by atoms with Crippen molar-refractivity contribution in [2.24, 2.45) is 5.41 Å². The molecule has 0 saturated carbocycles. The summed E-state index contributed by atoms with van der Waals surface area (Å²) in [7, 11) is 0. The van der Waals surface area contributed by atoms with Gasteiger partial charge in [0.25, 0.3) is 6.29 Å². The summed E-state index contributed by atoms with van der Waals surface area (Å²) in [6.07, 6.45) is -0.500. The van der Waals surface area contributed by atoms with Gasteiger partial charge >= 0.3 is 0 Å². The molecule has 0 spiro atoms. The molecule has 2 unspecified atom stereocenters. The molecule has 0 fully saturated rings. The smallest absolute Gasteiger partial charge is 0.267 e. The first-order valence-electron chi connectivity index (χ1n) is 10.5. The van der Waals surface area contributed by atoms with Gasteiger partial charge in [0.05, 0.1) is 0 Å². The van der Waals surface area contributed by atoms with Crippen molar-refractivity contribution in [3.8, 4) is 11.5 Å². The van der Waals surface area contributed by atoms with Gasteiger partial charge in [-0.15, -0.1) is 0 Å². The average molecular weight is 391 g/mol. The summed E-state index contributed by atoms with van der Waals surface area (Å²) >= 11 is 0. The largest absolute Gasteiger partial charge is 0.451 e. The van der Waals surface area contributed by atoms with Crippen molar-refractivity contribution in [1.29, 1.82) is 0 Å². The standard InChI is InChI=1S/C25H28O2.C2H6/c1-19(25(2,3)4)20-15-17-23(18-16-20)27-24(21-11-7-5-8-12-21)26-22-13-9-6-10-14-22;1-2/h5-19,24H,1-4H3;1-2H3. The predicted octanol–water partition coefficient (Wildman–Crippen LogP) is 8.02. The molecule has 0 aromatic heterocycles. The molecule has 0 bridgehead atoms. The molecule has 29 heavy (non-hydrogen) atoms. The van der Waals surface area contributed by atoms with Crippen LogP contribution in [0.2, 0.25) is 0 Å². The maximum Gasteiger partial charge on any atom is 0.267 e. The van der Waals surface area contributed by atoms with E-state index in [2.05, 4.69) is 39.8 Å². The molecule has 2 heteroatoms. The fourth-order valence-electron chi connectivity index (χ4n) is 2.85. The number of rotatable bonds is 6. The molecule has 0 aliphatic rings. The van der Waals surface area contributed by atoms with Crippen LogP contribution in [0.3, 0.4) is 0 Å².